The first-order valence-electron chi connectivity index (χ1n) is 11.1. The van der Waals surface area contributed by atoms with Gasteiger partial charge in [-0.3, -0.25) is 9.80 Å². The zero-order valence-electron chi connectivity index (χ0n) is 19.4. The molecule has 1 saturated heterocycles. The maximum Gasteiger partial charge on any atom is 0.188 e. The van der Waals surface area contributed by atoms with E-state index in [0.717, 1.165) is 13.1 Å². The Balaban J connectivity index is 1.73. The molecule has 1 aliphatic rings. The van der Waals surface area contributed by atoms with Crippen molar-refractivity contribution < 1.29 is 29.2 Å². The van der Waals surface area contributed by atoms with E-state index in [1.807, 2.05) is 58.3 Å². The van der Waals surface area contributed by atoms with Crippen LogP contribution < -0.4 is 14.8 Å². The van der Waals surface area contributed by atoms with Gasteiger partial charge in [0.15, 0.2) is 13.6 Å². The maximum absolute atomic E-state index is 11.2. The highest BCUT2D eigenvalue weighted by Gasteiger charge is 2.26. The van der Waals surface area contributed by atoms with E-state index in [-0.39, 0.29) is 13.6 Å². The van der Waals surface area contributed by atoms with Crippen molar-refractivity contribution in [3.05, 3.63) is 59.7 Å². The number of aliphatic hydroxyl groups is 2. The van der Waals surface area contributed by atoms with Crippen molar-refractivity contribution in [3.63, 3.8) is 0 Å². The van der Waals surface area contributed by atoms with E-state index in [2.05, 4.69) is 5.32 Å². The van der Waals surface area contributed by atoms with Gasteiger partial charge in [0.2, 0.25) is 0 Å². The Morgan fingerprint density at radius 1 is 0.727 bits per heavy atom. The summed E-state index contributed by atoms with van der Waals surface area (Å²) in [6, 6.07) is 14.8. The highest BCUT2D eigenvalue weighted by molar-refractivity contribution is 5.35. The van der Waals surface area contributed by atoms with Gasteiger partial charge in [-0.25, -0.2) is 0 Å². The summed E-state index contributed by atoms with van der Waals surface area (Å²) < 4.78 is 21.3. The summed E-state index contributed by atoms with van der Waals surface area (Å²) in [6.45, 7) is 4.06. The number of rotatable bonds is 10. The van der Waals surface area contributed by atoms with E-state index in [4.69, 9.17) is 18.9 Å². The van der Waals surface area contributed by atoms with Crippen LogP contribution in [0, 0.1) is 0 Å². The lowest BCUT2D eigenvalue weighted by Crippen LogP contribution is -2.39. The van der Waals surface area contributed by atoms with Crippen molar-refractivity contribution in [2.24, 2.45) is 0 Å². The van der Waals surface area contributed by atoms with E-state index in [0.29, 0.717) is 48.8 Å². The van der Waals surface area contributed by atoms with Gasteiger partial charge >= 0.3 is 0 Å². The normalized spacial score (nSPS) is 18.1. The average Bonchev–Trinajstić information content (AvgIpc) is 2.98. The molecule has 0 amide bonds. The van der Waals surface area contributed by atoms with Gasteiger partial charge in [0.05, 0.1) is 0 Å². The quantitative estimate of drug-likeness (QED) is 0.455. The number of para-hydroxylation sites is 2. The number of nitrogens with zero attached hydrogens (tertiary/aromatic N) is 2. The van der Waals surface area contributed by atoms with Crippen LogP contribution in [0.3, 0.4) is 0 Å². The third kappa shape index (κ3) is 7.12. The second-order valence-electron chi connectivity index (χ2n) is 7.75. The van der Waals surface area contributed by atoms with E-state index in [9.17, 15) is 10.2 Å². The van der Waals surface area contributed by atoms with E-state index < -0.39 is 12.5 Å². The van der Waals surface area contributed by atoms with Gasteiger partial charge in [0.1, 0.15) is 24.0 Å². The summed E-state index contributed by atoms with van der Waals surface area (Å²) in [6.07, 6.45) is -1.71. The lowest BCUT2D eigenvalue weighted by atomic mass is 10.1. The summed E-state index contributed by atoms with van der Waals surface area (Å²) in [5, 5.41) is 25.7. The molecule has 1 heterocycles. The predicted molar refractivity (Wildman–Crippen MR) is 124 cm³/mol. The Morgan fingerprint density at radius 3 is 1.58 bits per heavy atom. The molecule has 0 spiro atoms. The molecule has 2 atom stereocenters. The zero-order chi connectivity index (χ0) is 23.5. The van der Waals surface area contributed by atoms with Crippen molar-refractivity contribution in [2.75, 3.05) is 67.1 Å². The van der Waals surface area contributed by atoms with Gasteiger partial charge in [-0.15, -0.1) is 0 Å². The lowest BCUT2D eigenvalue weighted by molar-refractivity contribution is -0.0323. The van der Waals surface area contributed by atoms with Crippen LogP contribution in [-0.4, -0.2) is 87.1 Å². The van der Waals surface area contributed by atoms with Crippen LogP contribution in [0.1, 0.15) is 23.6 Å². The molecule has 0 saturated carbocycles. The standard InChI is InChI=1S/C24H35N3O6/c1-30-17-32-21-9-5-3-7-19(21)23(28)26-13-11-25-12-14-27(16-15-26)24(29)20-8-4-6-10-22(20)33-18-31-2/h3-10,23-25,28-29H,11-18H2,1-2H3. The van der Waals surface area contributed by atoms with Crippen LogP contribution in [0.25, 0.3) is 0 Å². The second kappa shape index (κ2) is 13.5. The molecule has 9 heteroatoms. The Hall–Kier alpha value is -2.24. The third-order valence-electron chi connectivity index (χ3n) is 5.58. The molecule has 3 rings (SSSR count). The van der Waals surface area contributed by atoms with Gasteiger partial charge in [-0.1, -0.05) is 36.4 Å². The predicted octanol–water partition coefficient (Wildman–Crippen LogP) is 1.54. The molecular weight excluding hydrogens is 426 g/mol. The van der Waals surface area contributed by atoms with Crippen molar-refractivity contribution in [3.8, 4) is 11.5 Å². The monoisotopic (exact) mass is 461 g/mol. The molecule has 1 aliphatic heterocycles. The molecule has 2 aromatic rings. The SMILES string of the molecule is COCOc1ccccc1C(O)N1CCNCCN(C(O)c2ccccc2OCOC)CC1. The number of methoxy groups -OCH3 is 2. The van der Waals surface area contributed by atoms with Crippen molar-refractivity contribution >= 4 is 0 Å². The fourth-order valence-electron chi connectivity index (χ4n) is 3.83. The summed E-state index contributed by atoms with van der Waals surface area (Å²) >= 11 is 0. The molecule has 0 radical (unpaired) electrons. The minimum atomic E-state index is -0.853. The molecular formula is C24H35N3O6. The van der Waals surface area contributed by atoms with Crippen LogP contribution in [0.15, 0.2) is 48.5 Å². The van der Waals surface area contributed by atoms with Gasteiger partial charge in [0.25, 0.3) is 0 Å². The Kier molecular flexibility index (Phi) is 10.4. The smallest absolute Gasteiger partial charge is 0.188 e. The molecule has 0 aromatic heterocycles. The highest BCUT2D eigenvalue weighted by atomic mass is 16.7. The van der Waals surface area contributed by atoms with Crippen molar-refractivity contribution in [1.29, 1.82) is 0 Å². The van der Waals surface area contributed by atoms with E-state index >= 15 is 0 Å². The lowest BCUT2D eigenvalue weighted by Gasteiger charge is -2.32. The summed E-state index contributed by atoms with van der Waals surface area (Å²) in [5.74, 6) is 1.17. The summed E-state index contributed by atoms with van der Waals surface area (Å²) in [4.78, 5) is 3.95. The topological polar surface area (TPSA) is 95.9 Å². The molecule has 0 bridgehead atoms. The number of nitrogens with one attached hydrogen (secondary N) is 1. The minimum absolute atomic E-state index is 0.107. The Bertz CT molecular complexity index is 772. The fraction of sp³-hybridized carbons (Fsp3) is 0.500. The summed E-state index contributed by atoms with van der Waals surface area (Å²) in [5.41, 5.74) is 1.36. The molecule has 33 heavy (non-hydrogen) atoms. The minimum Gasteiger partial charge on any atom is -0.467 e. The fourth-order valence-corrected chi connectivity index (χ4v) is 3.83. The molecule has 1 fully saturated rings. The summed E-state index contributed by atoms with van der Waals surface area (Å²) in [7, 11) is 3.12. The Morgan fingerprint density at radius 2 is 1.15 bits per heavy atom. The second-order valence-corrected chi connectivity index (χ2v) is 7.75. The van der Waals surface area contributed by atoms with Crippen molar-refractivity contribution in [1.82, 2.24) is 15.1 Å². The number of benzene rings is 2. The first-order chi connectivity index (χ1) is 16.2. The third-order valence-corrected chi connectivity index (χ3v) is 5.58. The van der Waals surface area contributed by atoms with Gasteiger partial charge in [-0.05, 0) is 12.1 Å². The highest BCUT2D eigenvalue weighted by Crippen LogP contribution is 2.30. The maximum atomic E-state index is 11.2. The van der Waals surface area contributed by atoms with Crippen LogP contribution in [-0.2, 0) is 9.47 Å². The largest absolute Gasteiger partial charge is 0.467 e. The van der Waals surface area contributed by atoms with Gasteiger partial charge in [0, 0.05) is 64.6 Å². The first kappa shape index (κ1) is 25.4. The molecule has 0 aliphatic carbocycles. The van der Waals surface area contributed by atoms with Crippen LogP contribution >= 0.6 is 0 Å². The number of aliphatic hydroxyl groups excluding tert-OH is 2. The Labute approximate surface area is 195 Å². The van der Waals surface area contributed by atoms with Gasteiger partial charge in [-0.2, -0.15) is 0 Å². The van der Waals surface area contributed by atoms with Crippen LogP contribution in [0.5, 0.6) is 11.5 Å². The molecule has 9 nitrogen and oxygen atoms in total. The van der Waals surface area contributed by atoms with Crippen LogP contribution in [0.2, 0.25) is 0 Å². The zero-order valence-corrected chi connectivity index (χ0v) is 19.4. The molecule has 2 aromatic carbocycles. The van der Waals surface area contributed by atoms with Gasteiger partial charge < -0.3 is 34.5 Å². The van der Waals surface area contributed by atoms with E-state index in [1.54, 1.807) is 14.2 Å². The molecule has 3 N–H and O–H groups in total. The van der Waals surface area contributed by atoms with E-state index in [1.165, 1.54) is 0 Å². The molecule has 2 unspecified atom stereocenters. The average molecular weight is 462 g/mol. The van der Waals surface area contributed by atoms with Crippen LogP contribution in [0.4, 0.5) is 0 Å². The number of ether oxygens (including phenoxy) is 4. The first-order valence-corrected chi connectivity index (χ1v) is 11.1. The molecule has 182 valence electrons. The number of hydrogen-bond donors (Lipinski definition) is 3. The number of hydrogen-bond acceptors (Lipinski definition) is 9. The van der Waals surface area contributed by atoms with Crippen molar-refractivity contribution in [2.45, 2.75) is 12.5 Å².